The maximum Gasteiger partial charge on any atom is 0.281 e. The number of carbonyl (C=O) groups excluding carboxylic acids is 2. The fourth-order valence-corrected chi connectivity index (χ4v) is 4.25. The molecule has 0 aliphatic carbocycles. The Kier molecular flexibility index (Phi) is 5.14. The van der Waals surface area contributed by atoms with E-state index < -0.39 is 11.7 Å². The molecule has 33 heavy (non-hydrogen) atoms. The first-order chi connectivity index (χ1) is 16.0. The number of rotatable bonds is 4. The summed E-state index contributed by atoms with van der Waals surface area (Å²) in [6.45, 7) is 2.01. The van der Waals surface area contributed by atoms with Crippen LogP contribution in [0.2, 0.25) is 0 Å². The maximum atomic E-state index is 14.2. The molecule has 7 nitrogen and oxygen atoms in total. The van der Waals surface area contributed by atoms with Crippen molar-refractivity contribution in [3.8, 4) is 5.75 Å². The minimum Gasteiger partial charge on any atom is -0.467 e. The van der Waals surface area contributed by atoms with E-state index in [1.807, 2.05) is 6.07 Å². The second-order valence-electron chi connectivity index (χ2n) is 7.88. The average Bonchev–Trinajstić information content (AvgIpc) is 3.08. The molecular weight excluding hydrogens is 427 g/mol. The quantitative estimate of drug-likeness (QED) is 0.372. The number of ketones is 1. The Morgan fingerprint density at radius 1 is 1.18 bits per heavy atom. The summed E-state index contributed by atoms with van der Waals surface area (Å²) in [6.07, 6.45) is 0. The topological polar surface area (TPSA) is 88.4 Å². The van der Waals surface area contributed by atoms with E-state index in [1.54, 1.807) is 43.3 Å². The van der Waals surface area contributed by atoms with Gasteiger partial charge in [0.2, 0.25) is 0 Å². The molecule has 0 bridgehead atoms. The number of halogens is 1. The number of oxime groups is 1. The van der Waals surface area contributed by atoms with Gasteiger partial charge >= 0.3 is 0 Å². The number of aryl methyl sites for hydroxylation is 1. The van der Waals surface area contributed by atoms with Crippen LogP contribution in [0.1, 0.15) is 38.2 Å². The molecule has 0 radical (unpaired) electrons. The van der Waals surface area contributed by atoms with E-state index in [2.05, 4.69) is 5.16 Å². The lowest BCUT2D eigenvalue weighted by Gasteiger charge is -2.24. The highest BCUT2D eigenvalue weighted by molar-refractivity contribution is 6.54. The van der Waals surface area contributed by atoms with Gasteiger partial charge in [0.05, 0.1) is 18.8 Å². The van der Waals surface area contributed by atoms with Crippen LogP contribution >= 0.6 is 0 Å². The summed E-state index contributed by atoms with van der Waals surface area (Å²) in [7, 11) is 0. The predicted octanol–water partition coefficient (Wildman–Crippen LogP) is 3.96. The lowest BCUT2D eigenvalue weighted by Crippen LogP contribution is -2.30. The lowest BCUT2D eigenvalue weighted by atomic mass is 9.95. The van der Waals surface area contributed by atoms with Crippen LogP contribution in [0.5, 0.6) is 5.75 Å². The molecule has 2 heterocycles. The zero-order chi connectivity index (χ0) is 23.1. The summed E-state index contributed by atoms with van der Waals surface area (Å²) in [5.74, 6) is -0.757. The molecular formula is C25H19FN2O5. The zero-order valence-electron chi connectivity index (χ0n) is 17.7. The van der Waals surface area contributed by atoms with Gasteiger partial charge < -0.3 is 19.6 Å². The number of benzene rings is 3. The molecule has 8 heteroatoms. The summed E-state index contributed by atoms with van der Waals surface area (Å²) in [5.41, 5.74) is 3.22. The molecule has 2 aliphatic rings. The molecule has 3 aromatic rings. The minimum atomic E-state index is -0.554. The molecule has 3 aromatic carbocycles. The van der Waals surface area contributed by atoms with E-state index in [0.29, 0.717) is 44.8 Å². The third-order valence-electron chi connectivity index (χ3n) is 5.80. The van der Waals surface area contributed by atoms with Crippen LogP contribution < -0.4 is 9.64 Å². The van der Waals surface area contributed by atoms with Crippen LogP contribution in [0.25, 0.3) is 0 Å². The Labute approximate surface area is 188 Å². The third kappa shape index (κ3) is 3.54. The van der Waals surface area contributed by atoms with Crippen LogP contribution in [-0.2, 0) is 22.7 Å². The van der Waals surface area contributed by atoms with Gasteiger partial charge in [-0.1, -0.05) is 35.5 Å². The zero-order valence-corrected chi connectivity index (χ0v) is 17.7. The lowest BCUT2D eigenvalue weighted by molar-refractivity contribution is -0.112. The normalized spacial score (nSPS) is 15.9. The van der Waals surface area contributed by atoms with Crippen molar-refractivity contribution in [2.75, 3.05) is 11.7 Å². The fourth-order valence-electron chi connectivity index (χ4n) is 4.25. The highest BCUT2D eigenvalue weighted by atomic mass is 19.1. The molecule has 0 unspecified atom stereocenters. The Hall–Kier alpha value is -4.04. The molecule has 1 amide bonds. The van der Waals surface area contributed by atoms with Gasteiger partial charge in [0.25, 0.3) is 5.91 Å². The van der Waals surface area contributed by atoms with Gasteiger partial charge in [-0.2, -0.15) is 0 Å². The first kappa shape index (κ1) is 20.8. The first-order valence-electron chi connectivity index (χ1n) is 10.3. The smallest absolute Gasteiger partial charge is 0.281 e. The first-order valence-corrected chi connectivity index (χ1v) is 10.3. The van der Waals surface area contributed by atoms with Gasteiger partial charge in [-0.3, -0.25) is 9.59 Å². The second-order valence-corrected chi connectivity index (χ2v) is 7.88. The van der Waals surface area contributed by atoms with Crippen molar-refractivity contribution in [1.29, 1.82) is 0 Å². The number of carbonyl (C=O) groups is 2. The number of fused-ring (bicyclic) bond motifs is 2. The van der Waals surface area contributed by atoms with Crippen molar-refractivity contribution in [1.82, 2.24) is 0 Å². The molecule has 0 saturated heterocycles. The summed E-state index contributed by atoms with van der Waals surface area (Å²) in [4.78, 5) is 27.5. The van der Waals surface area contributed by atoms with E-state index in [4.69, 9.17) is 9.47 Å². The molecule has 0 atom stereocenters. The monoisotopic (exact) mass is 446 g/mol. The van der Waals surface area contributed by atoms with E-state index >= 15 is 0 Å². The summed E-state index contributed by atoms with van der Waals surface area (Å²) >= 11 is 0. The number of amides is 1. The molecule has 0 aromatic heterocycles. The molecule has 0 spiro atoms. The van der Waals surface area contributed by atoms with Crippen molar-refractivity contribution in [3.05, 3.63) is 93.8 Å². The summed E-state index contributed by atoms with van der Waals surface area (Å²) in [6, 6.07) is 14.7. The van der Waals surface area contributed by atoms with Gasteiger partial charge in [0, 0.05) is 27.8 Å². The molecule has 0 fully saturated rings. The van der Waals surface area contributed by atoms with Gasteiger partial charge in [-0.25, -0.2) is 4.39 Å². The third-order valence-corrected chi connectivity index (χ3v) is 5.80. The van der Waals surface area contributed by atoms with Crippen LogP contribution in [0.3, 0.4) is 0 Å². The van der Waals surface area contributed by atoms with Crippen LogP contribution in [0.15, 0.2) is 59.8 Å². The average molecular weight is 446 g/mol. The minimum absolute atomic E-state index is 0.00361. The molecule has 0 saturated carbocycles. The van der Waals surface area contributed by atoms with Crippen molar-refractivity contribution >= 4 is 23.1 Å². The standard InChI is InChI=1S/C25H19FN2O5/c1-14-7-21-20(10-19(14)23(29)15-5-3-2-4-6-15)22(27-31)25(30)28(21)11-16-8-18(26)9-17-12-32-13-33-24(16)17/h2-10,31H,11-13H2,1H3/b27-22-. The van der Waals surface area contributed by atoms with E-state index in [-0.39, 0.29) is 31.4 Å². The Balaban J connectivity index is 1.57. The number of hydrogen-bond donors (Lipinski definition) is 1. The Bertz CT molecular complexity index is 1320. The molecule has 166 valence electrons. The van der Waals surface area contributed by atoms with Crippen molar-refractivity contribution in [2.45, 2.75) is 20.1 Å². The SMILES string of the molecule is Cc1cc2c(cc1C(=O)c1ccccc1)/C(=N/O)C(=O)N2Cc1cc(F)cc2c1OCOC2. The summed E-state index contributed by atoms with van der Waals surface area (Å²) < 4.78 is 25.0. The summed E-state index contributed by atoms with van der Waals surface area (Å²) in [5, 5.41) is 12.8. The Morgan fingerprint density at radius 2 is 1.97 bits per heavy atom. The number of nitrogens with zero attached hydrogens (tertiary/aromatic N) is 2. The fraction of sp³-hybridized carbons (Fsp3) is 0.160. The van der Waals surface area contributed by atoms with Crippen molar-refractivity contribution in [2.24, 2.45) is 5.16 Å². The Morgan fingerprint density at radius 3 is 2.73 bits per heavy atom. The van der Waals surface area contributed by atoms with E-state index in [1.165, 1.54) is 17.0 Å². The van der Waals surface area contributed by atoms with Gasteiger partial charge in [-0.05, 0) is 36.8 Å². The molecule has 5 rings (SSSR count). The number of ether oxygens (including phenoxy) is 2. The second kappa shape index (κ2) is 8.14. The van der Waals surface area contributed by atoms with Gasteiger partial charge in [-0.15, -0.1) is 0 Å². The van der Waals surface area contributed by atoms with Gasteiger partial charge in [0.1, 0.15) is 11.6 Å². The van der Waals surface area contributed by atoms with E-state index in [9.17, 15) is 19.2 Å². The predicted molar refractivity (Wildman–Crippen MR) is 117 cm³/mol. The maximum absolute atomic E-state index is 14.2. The van der Waals surface area contributed by atoms with Crippen molar-refractivity contribution < 1.29 is 28.7 Å². The number of anilines is 1. The van der Waals surface area contributed by atoms with Crippen LogP contribution in [0, 0.1) is 12.7 Å². The largest absolute Gasteiger partial charge is 0.467 e. The van der Waals surface area contributed by atoms with Crippen LogP contribution in [-0.4, -0.2) is 29.4 Å². The van der Waals surface area contributed by atoms with Crippen molar-refractivity contribution in [3.63, 3.8) is 0 Å². The highest BCUT2D eigenvalue weighted by Gasteiger charge is 2.37. The van der Waals surface area contributed by atoms with Crippen LogP contribution in [0.4, 0.5) is 10.1 Å². The number of hydrogen-bond acceptors (Lipinski definition) is 6. The molecule has 2 aliphatic heterocycles. The van der Waals surface area contributed by atoms with E-state index in [0.717, 1.165) is 0 Å². The van der Waals surface area contributed by atoms with Gasteiger partial charge in [0.15, 0.2) is 18.3 Å². The highest BCUT2D eigenvalue weighted by Crippen LogP contribution is 2.37. The molecule has 1 N–H and O–H groups in total.